The number of halogens is 1. The third-order valence-corrected chi connectivity index (χ3v) is 8.20. The zero-order valence-electron chi connectivity index (χ0n) is 21.3. The van der Waals surface area contributed by atoms with E-state index >= 15 is 0 Å². The molecule has 0 bridgehead atoms. The van der Waals surface area contributed by atoms with Gasteiger partial charge in [-0.2, -0.15) is 0 Å². The summed E-state index contributed by atoms with van der Waals surface area (Å²) in [5.41, 5.74) is 3.82. The Morgan fingerprint density at radius 1 is 1.10 bits per heavy atom. The summed E-state index contributed by atoms with van der Waals surface area (Å²) >= 11 is 1.17. The highest BCUT2D eigenvalue weighted by Gasteiger charge is 2.26. The van der Waals surface area contributed by atoms with E-state index in [4.69, 9.17) is 0 Å². The number of phenols is 1. The van der Waals surface area contributed by atoms with Gasteiger partial charge in [0.05, 0.1) is 11.0 Å². The highest BCUT2D eigenvalue weighted by Crippen LogP contribution is 2.32. The van der Waals surface area contributed by atoms with E-state index in [2.05, 4.69) is 49.6 Å². The number of nitrogens with zero attached hydrogens (tertiary/aromatic N) is 4. The standard InChI is InChI=1S/C29H27FN6O2S/c1-36-14-12-18(13-15-36)17-6-8-19(9-7-17)28-34-35-29(39-28)27(38)33-25(21-16-20(30)10-11-24(21)37)26-31-22-4-2-3-5-23(22)32-26/h2-11,16,18,25,37H,12-15H2,1H3,(H,31,32)(H,33,38). The molecule has 1 saturated heterocycles. The topological polar surface area (TPSA) is 107 Å². The number of hydrogen-bond donors (Lipinski definition) is 3. The molecule has 3 heterocycles. The zero-order chi connectivity index (χ0) is 26.9. The van der Waals surface area contributed by atoms with Crippen LogP contribution in [0.25, 0.3) is 21.6 Å². The second-order valence-corrected chi connectivity index (χ2v) is 10.8. The van der Waals surface area contributed by atoms with E-state index in [0.717, 1.165) is 43.1 Å². The molecule has 39 heavy (non-hydrogen) atoms. The van der Waals surface area contributed by atoms with Gasteiger partial charge in [0.15, 0.2) is 0 Å². The van der Waals surface area contributed by atoms with Crippen LogP contribution in [0.1, 0.15) is 51.6 Å². The Kier molecular flexibility index (Phi) is 6.80. The highest BCUT2D eigenvalue weighted by atomic mass is 32.1. The second kappa shape index (κ2) is 10.5. The number of carbonyl (C=O) groups is 1. The summed E-state index contributed by atoms with van der Waals surface area (Å²) in [6, 6.07) is 18.4. The Hall–Kier alpha value is -4.15. The summed E-state index contributed by atoms with van der Waals surface area (Å²) in [7, 11) is 2.16. The van der Waals surface area contributed by atoms with Gasteiger partial charge in [-0.05, 0) is 74.8 Å². The van der Waals surface area contributed by atoms with Crippen LogP contribution in [-0.4, -0.2) is 56.2 Å². The van der Waals surface area contributed by atoms with Crippen molar-refractivity contribution in [2.24, 2.45) is 0 Å². The van der Waals surface area contributed by atoms with Crippen LogP contribution in [0.3, 0.4) is 0 Å². The van der Waals surface area contributed by atoms with E-state index in [1.807, 2.05) is 36.4 Å². The average Bonchev–Trinajstić information content (AvgIpc) is 3.62. The molecular formula is C29H27FN6O2S. The van der Waals surface area contributed by atoms with Crippen molar-refractivity contribution in [1.29, 1.82) is 0 Å². The van der Waals surface area contributed by atoms with E-state index in [1.54, 1.807) is 0 Å². The number of piperidine rings is 1. The number of fused-ring (bicyclic) bond motifs is 1. The average molecular weight is 543 g/mol. The molecule has 2 aromatic heterocycles. The summed E-state index contributed by atoms with van der Waals surface area (Å²) in [5.74, 6) is -0.291. The quantitative estimate of drug-likeness (QED) is 0.270. The van der Waals surface area contributed by atoms with Gasteiger partial charge in [-0.1, -0.05) is 47.7 Å². The van der Waals surface area contributed by atoms with E-state index in [0.29, 0.717) is 22.3 Å². The number of phenolic OH excluding ortho intramolecular Hbond substituents is 1. The molecule has 0 spiro atoms. The molecule has 1 fully saturated rings. The molecule has 198 valence electrons. The fourth-order valence-electron chi connectivity index (χ4n) is 5.02. The largest absolute Gasteiger partial charge is 0.508 e. The molecule has 5 aromatic rings. The van der Waals surface area contributed by atoms with Gasteiger partial charge in [0.2, 0.25) is 5.01 Å². The summed E-state index contributed by atoms with van der Waals surface area (Å²) in [6.07, 6.45) is 2.29. The maximum absolute atomic E-state index is 14.2. The molecule has 10 heteroatoms. The number of H-pyrrole nitrogens is 1. The van der Waals surface area contributed by atoms with Crippen LogP contribution in [0.2, 0.25) is 0 Å². The van der Waals surface area contributed by atoms with Crippen molar-refractivity contribution in [1.82, 2.24) is 30.4 Å². The molecular weight excluding hydrogens is 515 g/mol. The van der Waals surface area contributed by atoms with Crippen molar-refractivity contribution >= 4 is 28.3 Å². The van der Waals surface area contributed by atoms with E-state index in [-0.39, 0.29) is 16.3 Å². The lowest BCUT2D eigenvalue weighted by Gasteiger charge is -2.29. The normalized spacial score (nSPS) is 15.4. The lowest BCUT2D eigenvalue weighted by Crippen LogP contribution is -2.30. The summed E-state index contributed by atoms with van der Waals surface area (Å²) in [4.78, 5) is 23.4. The molecule has 1 unspecified atom stereocenters. The number of aromatic hydroxyl groups is 1. The Morgan fingerprint density at radius 3 is 2.64 bits per heavy atom. The predicted molar refractivity (Wildman–Crippen MR) is 148 cm³/mol. The van der Waals surface area contributed by atoms with E-state index in [1.165, 1.54) is 29.0 Å². The molecule has 1 amide bonds. The molecule has 1 aliphatic heterocycles. The molecule has 8 nitrogen and oxygen atoms in total. The lowest BCUT2D eigenvalue weighted by atomic mass is 9.89. The molecule has 6 rings (SSSR count). The van der Waals surface area contributed by atoms with Crippen molar-refractivity contribution in [3.05, 3.63) is 94.5 Å². The molecule has 0 saturated carbocycles. The van der Waals surface area contributed by atoms with Crippen LogP contribution in [0.15, 0.2) is 66.7 Å². The van der Waals surface area contributed by atoms with Gasteiger partial charge < -0.3 is 20.3 Å². The van der Waals surface area contributed by atoms with Gasteiger partial charge in [-0.15, -0.1) is 10.2 Å². The number of aromatic amines is 1. The molecule has 0 radical (unpaired) electrons. The van der Waals surface area contributed by atoms with Gasteiger partial charge >= 0.3 is 0 Å². The van der Waals surface area contributed by atoms with Gasteiger partial charge in [0.1, 0.15) is 28.4 Å². The number of likely N-dealkylation sites (tertiary alicyclic amines) is 1. The Bertz CT molecular complexity index is 1590. The van der Waals surface area contributed by atoms with Crippen LogP contribution in [-0.2, 0) is 0 Å². The van der Waals surface area contributed by atoms with Gasteiger partial charge in [0.25, 0.3) is 5.91 Å². The number of amides is 1. The van der Waals surface area contributed by atoms with Gasteiger partial charge in [-0.25, -0.2) is 9.37 Å². The van der Waals surface area contributed by atoms with Crippen molar-refractivity contribution in [3.63, 3.8) is 0 Å². The zero-order valence-corrected chi connectivity index (χ0v) is 22.1. The Morgan fingerprint density at radius 2 is 1.87 bits per heavy atom. The molecule has 3 aromatic carbocycles. The van der Waals surface area contributed by atoms with Crippen molar-refractivity contribution in [2.45, 2.75) is 24.8 Å². The van der Waals surface area contributed by atoms with Crippen LogP contribution >= 0.6 is 11.3 Å². The first-order chi connectivity index (χ1) is 18.9. The number of imidazole rings is 1. The minimum Gasteiger partial charge on any atom is -0.508 e. The molecule has 3 N–H and O–H groups in total. The smallest absolute Gasteiger partial charge is 0.283 e. The maximum Gasteiger partial charge on any atom is 0.283 e. The van der Waals surface area contributed by atoms with E-state index in [9.17, 15) is 14.3 Å². The Balaban J connectivity index is 1.24. The van der Waals surface area contributed by atoms with E-state index < -0.39 is 17.8 Å². The van der Waals surface area contributed by atoms with Crippen LogP contribution in [0.4, 0.5) is 4.39 Å². The fraction of sp³-hybridized carbons (Fsp3) is 0.241. The minimum absolute atomic E-state index is 0.154. The molecule has 0 aliphatic carbocycles. The number of aromatic nitrogens is 4. The summed E-state index contributed by atoms with van der Waals surface area (Å²) < 4.78 is 14.2. The molecule has 1 atom stereocenters. The number of benzene rings is 3. The first-order valence-corrected chi connectivity index (χ1v) is 13.6. The second-order valence-electron chi connectivity index (χ2n) is 9.86. The number of rotatable bonds is 6. The minimum atomic E-state index is -0.943. The third kappa shape index (κ3) is 5.25. The van der Waals surface area contributed by atoms with Gasteiger partial charge in [0, 0.05) is 11.1 Å². The lowest BCUT2D eigenvalue weighted by molar-refractivity contribution is 0.0940. The number of nitrogens with one attached hydrogen (secondary N) is 2. The Labute approximate surface area is 228 Å². The third-order valence-electron chi connectivity index (χ3n) is 7.22. The SMILES string of the molecule is CN1CCC(c2ccc(-c3nnc(C(=O)NC(c4nc5ccccc5[nH]4)c4cc(F)ccc4O)s3)cc2)CC1. The van der Waals surface area contributed by atoms with Crippen molar-refractivity contribution < 1.29 is 14.3 Å². The van der Waals surface area contributed by atoms with Crippen molar-refractivity contribution in [3.8, 4) is 16.3 Å². The first kappa shape index (κ1) is 25.1. The van der Waals surface area contributed by atoms with Crippen LogP contribution < -0.4 is 5.32 Å². The first-order valence-electron chi connectivity index (χ1n) is 12.8. The number of para-hydroxylation sites is 2. The highest BCUT2D eigenvalue weighted by molar-refractivity contribution is 7.16. The summed E-state index contributed by atoms with van der Waals surface area (Å²) in [5, 5.41) is 22.5. The number of carbonyl (C=O) groups excluding carboxylic acids is 1. The monoisotopic (exact) mass is 542 g/mol. The molecule has 1 aliphatic rings. The predicted octanol–water partition coefficient (Wildman–Crippen LogP) is 5.25. The summed E-state index contributed by atoms with van der Waals surface area (Å²) in [6.45, 7) is 2.20. The van der Waals surface area contributed by atoms with Crippen molar-refractivity contribution in [2.75, 3.05) is 20.1 Å². The maximum atomic E-state index is 14.2. The van der Waals surface area contributed by atoms with Crippen LogP contribution in [0.5, 0.6) is 5.75 Å². The van der Waals surface area contributed by atoms with Gasteiger partial charge in [-0.3, -0.25) is 4.79 Å². The fourth-order valence-corrected chi connectivity index (χ4v) is 5.78. The van der Waals surface area contributed by atoms with Crippen LogP contribution in [0, 0.1) is 5.82 Å². The number of hydrogen-bond acceptors (Lipinski definition) is 7.